The molecule has 0 spiro atoms. The van der Waals surface area contributed by atoms with Crippen molar-refractivity contribution in [2.75, 3.05) is 0 Å². The Morgan fingerprint density at radius 3 is 2.33 bits per heavy atom. The Balaban J connectivity index is 1.89. The zero-order valence-corrected chi connectivity index (χ0v) is 14.0. The van der Waals surface area contributed by atoms with Crippen LogP contribution < -0.4 is 0 Å². The molecule has 1 aliphatic rings. The van der Waals surface area contributed by atoms with E-state index in [1.165, 1.54) is 0 Å². The third kappa shape index (κ3) is 3.02. The second-order valence-corrected chi connectivity index (χ2v) is 6.01. The van der Waals surface area contributed by atoms with Gasteiger partial charge in [-0.15, -0.1) is 0 Å². The Morgan fingerprint density at radius 2 is 1.71 bits per heavy atom. The molecule has 24 heavy (non-hydrogen) atoms. The summed E-state index contributed by atoms with van der Waals surface area (Å²) in [7, 11) is 0. The molecule has 0 amide bonds. The molecule has 3 nitrogen and oxygen atoms in total. The van der Waals surface area contributed by atoms with E-state index in [1.807, 2.05) is 86.7 Å². The van der Waals surface area contributed by atoms with Crippen molar-refractivity contribution in [3.8, 4) is 0 Å². The van der Waals surface area contributed by atoms with E-state index in [4.69, 9.17) is 9.73 Å². The molecular weight excluding hydrogens is 298 g/mol. The smallest absolute Gasteiger partial charge is 0.341 e. The third-order valence-electron chi connectivity index (χ3n) is 4.53. The first-order valence-electron chi connectivity index (χ1n) is 8.26. The number of hydrogen-bond donors (Lipinski definition) is 0. The van der Waals surface area contributed by atoms with Gasteiger partial charge in [-0.2, -0.15) is 0 Å². The first-order valence-corrected chi connectivity index (χ1v) is 8.26. The van der Waals surface area contributed by atoms with Crippen molar-refractivity contribution in [2.45, 2.75) is 25.8 Å². The van der Waals surface area contributed by atoms with Gasteiger partial charge in [0.25, 0.3) is 0 Å². The van der Waals surface area contributed by atoms with Crippen LogP contribution in [0.15, 0.2) is 71.7 Å². The van der Waals surface area contributed by atoms with Crippen LogP contribution >= 0.6 is 0 Å². The first kappa shape index (κ1) is 16.2. The van der Waals surface area contributed by atoms with E-state index in [-0.39, 0.29) is 11.9 Å². The number of benzene rings is 2. The molecule has 2 aromatic rings. The van der Waals surface area contributed by atoms with E-state index in [0.29, 0.717) is 12.3 Å². The van der Waals surface area contributed by atoms with Crippen molar-refractivity contribution < 1.29 is 9.53 Å². The van der Waals surface area contributed by atoms with E-state index in [1.54, 1.807) is 0 Å². The van der Waals surface area contributed by atoms with E-state index >= 15 is 0 Å². The van der Waals surface area contributed by atoms with Gasteiger partial charge in [0, 0.05) is 11.5 Å². The lowest BCUT2D eigenvalue weighted by atomic mass is 9.83. The van der Waals surface area contributed by atoms with Crippen LogP contribution in [0.5, 0.6) is 0 Å². The van der Waals surface area contributed by atoms with Crippen molar-refractivity contribution in [3.63, 3.8) is 0 Å². The van der Waals surface area contributed by atoms with E-state index in [2.05, 4.69) is 0 Å². The predicted octanol–water partition coefficient (Wildman–Crippen LogP) is 4.49. The molecule has 0 aliphatic carbocycles. The van der Waals surface area contributed by atoms with E-state index < -0.39 is 5.54 Å². The molecular formula is C21H21NO2. The highest BCUT2D eigenvalue weighted by molar-refractivity contribution is 6.08. The van der Waals surface area contributed by atoms with Crippen LogP contribution in [0, 0.1) is 5.92 Å². The fourth-order valence-corrected chi connectivity index (χ4v) is 2.94. The van der Waals surface area contributed by atoms with Gasteiger partial charge in [-0.3, -0.25) is 0 Å². The normalized spacial score (nSPS) is 21.6. The highest BCUT2D eigenvalue weighted by Gasteiger charge is 2.48. The zero-order chi connectivity index (χ0) is 17.0. The van der Waals surface area contributed by atoms with Crippen molar-refractivity contribution in [1.29, 1.82) is 0 Å². The lowest BCUT2D eigenvalue weighted by Crippen LogP contribution is -2.39. The first-order chi connectivity index (χ1) is 11.7. The van der Waals surface area contributed by atoms with E-state index in [9.17, 15) is 4.79 Å². The monoisotopic (exact) mass is 319 g/mol. The SMILES string of the molecule is CC[C@]1([C@@H](C)/C=C/c2ccccc2)N=C(c2ccccc2)OC1=O. The molecule has 0 aromatic heterocycles. The number of rotatable bonds is 5. The summed E-state index contributed by atoms with van der Waals surface area (Å²) >= 11 is 0. The Hall–Kier alpha value is -2.68. The maximum Gasteiger partial charge on any atom is 0.341 e. The zero-order valence-electron chi connectivity index (χ0n) is 14.0. The molecule has 0 saturated heterocycles. The molecule has 1 heterocycles. The Labute approximate surface area is 142 Å². The molecule has 3 heteroatoms. The maximum atomic E-state index is 12.6. The Bertz CT molecular complexity index is 765. The Morgan fingerprint density at radius 1 is 1.08 bits per heavy atom. The summed E-state index contributed by atoms with van der Waals surface area (Å²) in [5.41, 5.74) is 1.09. The molecule has 0 fully saturated rings. The number of hydrogen-bond acceptors (Lipinski definition) is 3. The fourth-order valence-electron chi connectivity index (χ4n) is 2.94. The van der Waals surface area contributed by atoms with Crippen LogP contribution in [0.4, 0.5) is 0 Å². The summed E-state index contributed by atoms with van der Waals surface area (Å²) in [5.74, 6) is 0.0906. The summed E-state index contributed by atoms with van der Waals surface area (Å²) < 4.78 is 5.50. The lowest BCUT2D eigenvalue weighted by Gasteiger charge is -2.25. The predicted molar refractivity (Wildman–Crippen MR) is 96.7 cm³/mol. The number of carbonyl (C=O) groups excluding carboxylic acids is 1. The number of nitrogens with zero attached hydrogens (tertiary/aromatic N) is 1. The summed E-state index contributed by atoms with van der Waals surface area (Å²) in [5, 5.41) is 0. The van der Waals surface area contributed by atoms with Gasteiger partial charge in [0.15, 0.2) is 5.54 Å². The van der Waals surface area contributed by atoms with Crippen LogP contribution in [0.25, 0.3) is 6.08 Å². The van der Waals surface area contributed by atoms with Gasteiger partial charge in [0.2, 0.25) is 5.90 Å². The minimum atomic E-state index is -0.851. The van der Waals surface area contributed by atoms with Gasteiger partial charge in [0.05, 0.1) is 0 Å². The fraction of sp³-hybridized carbons (Fsp3) is 0.238. The molecule has 0 N–H and O–H groups in total. The molecule has 2 atom stereocenters. The standard InChI is InChI=1S/C21H21NO2/c1-3-21(16(2)14-15-17-10-6-4-7-11-17)20(23)24-19(22-21)18-12-8-5-9-13-18/h4-16H,3H2,1-2H3/b15-14+/t16-,21+/m0/s1. The largest absolute Gasteiger partial charge is 0.405 e. The van der Waals surface area contributed by atoms with Crippen LogP contribution in [0.1, 0.15) is 31.4 Å². The van der Waals surface area contributed by atoms with Crippen LogP contribution in [-0.2, 0) is 9.53 Å². The average Bonchev–Trinajstić information content (AvgIpc) is 2.99. The van der Waals surface area contributed by atoms with Crippen molar-refractivity contribution >= 4 is 17.9 Å². The van der Waals surface area contributed by atoms with Gasteiger partial charge >= 0.3 is 5.97 Å². The highest BCUT2D eigenvalue weighted by atomic mass is 16.6. The van der Waals surface area contributed by atoms with Gasteiger partial charge in [-0.25, -0.2) is 9.79 Å². The number of cyclic esters (lactones) is 1. The molecule has 3 rings (SSSR count). The van der Waals surface area contributed by atoms with Crippen LogP contribution in [-0.4, -0.2) is 17.4 Å². The highest BCUT2D eigenvalue weighted by Crippen LogP contribution is 2.35. The van der Waals surface area contributed by atoms with Crippen LogP contribution in [0.3, 0.4) is 0 Å². The van der Waals surface area contributed by atoms with Gasteiger partial charge < -0.3 is 4.74 Å². The molecule has 0 bridgehead atoms. The second-order valence-electron chi connectivity index (χ2n) is 6.01. The number of esters is 1. The summed E-state index contributed by atoms with van der Waals surface area (Å²) in [6.45, 7) is 3.99. The lowest BCUT2D eigenvalue weighted by molar-refractivity contribution is -0.140. The minimum Gasteiger partial charge on any atom is -0.405 e. The molecule has 122 valence electrons. The molecule has 1 aliphatic heterocycles. The molecule has 2 aromatic carbocycles. The molecule has 0 radical (unpaired) electrons. The summed E-state index contributed by atoms with van der Waals surface area (Å²) in [6.07, 6.45) is 4.67. The van der Waals surface area contributed by atoms with Crippen LogP contribution in [0.2, 0.25) is 0 Å². The number of ether oxygens (including phenoxy) is 1. The second kappa shape index (κ2) is 6.83. The molecule has 0 saturated carbocycles. The summed E-state index contributed by atoms with van der Waals surface area (Å²) in [6, 6.07) is 19.6. The minimum absolute atomic E-state index is 0.0589. The van der Waals surface area contributed by atoms with Crippen molar-refractivity contribution in [1.82, 2.24) is 0 Å². The third-order valence-corrected chi connectivity index (χ3v) is 4.53. The Kier molecular flexibility index (Phi) is 4.61. The van der Waals surface area contributed by atoms with Crippen molar-refractivity contribution in [2.24, 2.45) is 10.9 Å². The molecule has 0 unspecified atom stereocenters. The average molecular weight is 319 g/mol. The van der Waals surface area contributed by atoms with Gasteiger partial charge in [-0.05, 0) is 24.1 Å². The number of aliphatic imine (C=N–C) groups is 1. The number of carbonyl (C=O) groups is 1. The summed E-state index contributed by atoms with van der Waals surface area (Å²) in [4.78, 5) is 17.3. The van der Waals surface area contributed by atoms with Gasteiger partial charge in [-0.1, -0.05) is 74.5 Å². The van der Waals surface area contributed by atoms with E-state index in [0.717, 1.165) is 11.1 Å². The maximum absolute atomic E-state index is 12.6. The quantitative estimate of drug-likeness (QED) is 0.762. The van der Waals surface area contributed by atoms with Crippen molar-refractivity contribution in [3.05, 3.63) is 77.9 Å². The van der Waals surface area contributed by atoms with Gasteiger partial charge in [0.1, 0.15) is 0 Å². The topological polar surface area (TPSA) is 38.7 Å².